The summed E-state index contributed by atoms with van der Waals surface area (Å²) in [7, 11) is -2.84. The van der Waals surface area contributed by atoms with Crippen LogP contribution in [-0.4, -0.2) is 77.1 Å². The lowest BCUT2D eigenvalue weighted by Gasteiger charge is -2.25. The number of rotatable bonds is 8. The van der Waals surface area contributed by atoms with Gasteiger partial charge in [-0.05, 0) is 32.6 Å². The van der Waals surface area contributed by atoms with Gasteiger partial charge in [-0.15, -0.1) is 5.10 Å². The van der Waals surface area contributed by atoms with E-state index in [4.69, 9.17) is 5.11 Å². The predicted octanol–water partition coefficient (Wildman–Crippen LogP) is 2.85. The molecule has 0 saturated carbocycles. The Labute approximate surface area is 202 Å². The first-order valence-corrected chi connectivity index (χ1v) is 14.0. The summed E-state index contributed by atoms with van der Waals surface area (Å²) in [6.07, 6.45) is 3.55. The molecule has 2 N–H and O–H groups in total. The molecule has 1 aliphatic rings. The van der Waals surface area contributed by atoms with Gasteiger partial charge < -0.3 is 10.4 Å². The number of aliphatic hydroxyl groups is 1. The number of hydrogen-bond donors (Lipinski definition) is 2. The first kappa shape index (κ1) is 33.7. The first-order valence-electron chi connectivity index (χ1n) is 12.1. The number of aromatic nitrogens is 3. The van der Waals surface area contributed by atoms with Crippen LogP contribution in [0.2, 0.25) is 0 Å². The van der Waals surface area contributed by atoms with E-state index in [9.17, 15) is 13.2 Å². The van der Waals surface area contributed by atoms with E-state index < -0.39 is 9.84 Å². The Morgan fingerprint density at radius 2 is 1.73 bits per heavy atom. The van der Waals surface area contributed by atoms with Crippen LogP contribution in [0.1, 0.15) is 80.8 Å². The average Bonchev–Trinajstić information content (AvgIpc) is 3.22. The summed E-state index contributed by atoms with van der Waals surface area (Å²) in [4.78, 5) is 12.4. The highest BCUT2D eigenvalue weighted by atomic mass is 32.2. The predicted molar refractivity (Wildman–Crippen MR) is 136 cm³/mol. The number of sulfone groups is 1. The third-order valence-corrected chi connectivity index (χ3v) is 6.41. The van der Waals surface area contributed by atoms with E-state index in [1.165, 1.54) is 0 Å². The molecule has 2 rings (SSSR count). The topological polar surface area (TPSA) is 117 Å². The van der Waals surface area contributed by atoms with Crippen molar-refractivity contribution < 1.29 is 18.3 Å². The zero-order valence-electron chi connectivity index (χ0n) is 22.4. The third-order valence-electron chi connectivity index (χ3n) is 4.80. The number of carbonyl (C=O) groups excluding carboxylic acids is 1. The van der Waals surface area contributed by atoms with Gasteiger partial charge in [-0.25, -0.2) is 13.1 Å². The fourth-order valence-electron chi connectivity index (χ4n) is 2.73. The minimum atomic E-state index is -2.84. The minimum Gasteiger partial charge on any atom is -0.396 e. The van der Waals surface area contributed by atoms with Crippen LogP contribution in [0.5, 0.6) is 0 Å². The summed E-state index contributed by atoms with van der Waals surface area (Å²) in [6, 6.07) is 0. The van der Waals surface area contributed by atoms with Crippen molar-refractivity contribution in [2.45, 2.75) is 87.2 Å². The highest BCUT2D eigenvalue weighted by Gasteiger charge is 2.24. The fourth-order valence-corrected chi connectivity index (χ4v) is 4.01. The van der Waals surface area contributed by atoms with Crippen LogP contribution in [0.4, 0.5) is 0 Å². The Morgan fingerprint density at radius 1 is 1.18 bits per heavy atom. The van der Waals surface area contributed by atoms with Gasteiger partial charge in [-0.3, -0.25) is 9.69 Å². The normalized spacial score (nSPS) is 15.2. The highest BCUT2D eigenvalue weighted by Crippen LogP contribution is 2.18. The maximum absolute atomic E-state index is 11.4. The molecule has 33 heavy (non-hydrogen) atoms. The second-order valence-electron chi connectivity index (χ2n) is 8.53. The molecule has 0 aliphatic carbocycles. The zero-order chi connectivity index (χ0) is 26.1. The Bertz CT molecular complexity index is 719. The van der Waals surface area contributed by atoms with Crippen LogP contribution in [0, 0.1) is 5.92 Å². The van der Waals surface area contributed by atoms with E-state index in [2.05, 4.69) is 34.4 Å². The van der Waals surface area contributed by atoms with Crippen molar-refractivity contribution in [2.75, 3.05) is 37.7 Å². The van der Waals surface area contributed by atoms with Gasteiger partial charge in [0.05, 0.1) is 28.9 Å². The SMILES string of the molecule is CC.CC.CC(=O)NCCC(C)C.CC(C)(CCO)n1cc(CN2CCS(=O)(=O)CC2)nn1. The van der Waals surface area contributed by atoms with E-state index in [-0.39, 0.29) is 29.6 Å². The molecule has 0 atom stereocenters. The molecule has 1 fully saturated rings. The molecular weight excluding hydrogens is 442 g/mol. The lowest BCUT2D eigenvalue weighted by atomic mass is 10.0. The maximum Gasteiger partial charge on any atom is 0.216 e. The molecule has 1 amide bonds. The smallest absolute Gasteiger partial charge is 0.216 e. The van der Waals surface area contributed by atoms with Gasteiger partial charge in [0.1, 0.15) is 0 Å². The molecule has 1 aromatic rings. The quantitative estimate of drug-likeness (QED) is 0.574. The van der Waals surface area contributed by atoms with Gasteiger partial charge in [0, 0.05) is 39.7 Å². The number of aliphatic hydroxyl groups excluding tert-OH is 1. The lowest BCUT2D eigenvalue weighted by molar-refractivity contribution is -0.118. The van der Waals surface area contributed by atoms with Gasteiger partial charge in [0.2, 0.25) is 5.91 Å². The fraction of sp³-hybridized carbons (Fsp3) is 0.870. The first-order chi connectivity index (χ1) is 15.4. The molecular formula is C23H49N5O4S. The Morgan fingerprint density at radius 3 is 2.18 bits per heavy atom. The molecule has 10 heteroatoms. The number of carbonyl (C=O) groups is 1. The van der Waals surface area contributed by atoms with Crippen molar-refractivity contribution in [1.82, 2.24) is 25.2 Å². The Kier molecular flexibility index (Phi) is 18.2. The van der Waals surface area contributed by atoms with Crippen molar-refractivity contribution >= 4 is 15.7 Å². The Hall–Kier alpha value is -1.52. The van der Waals surface area contributed by atoms with Crippen molar-refractivity contribution in [3.63, 3.8) is 0 Å². The summed E-state index contributed by atoms with van der Waals surface area (Å²) in [5.74, 6) is 1.18. The molecule has 9 nitrogen and oxygen atoms in total. The number of nitrogens with one attached hydrogen (secondary N) is 1. The van der Waals surface area contributed by atoms with Crippen LogP contribution in [-0.2, 0) is 26.7 Å². The van der Waals surface area contributed by atoms with Crippen molar-refractivity contribution in [3.8, 4) is 0 Å². The molecule has 0 aromatic carbocycles. The van der Waals surface area contributed by atoms with Gasteiger partial charge in [0.15, 0.2) is 9.84 Å². The zero-order valence-corrected chi connectivity index (χ0v) is 23.2. The van der Waals surface area contributed by atoms with Crippen LogP contribution in [0.3, 0.4) is 0 Å². The molecule has 1 saturated heterocycles. The molecule has 196 valence electrons. The maximum atomic E-state index is 11.4. The van der Waals surface area contributed by atoms with Crippen LogP contribution >= 0.6 is 0 Å². The molecule has 0 unspecified atom stereocenters. The van der Waals surface area contributed by atoms with Gasteiger partial charge in [0.25, 0.3) is 0 Å². The summed E-state index contributed by atoms with van der Waals surface area (Å²) >= 11 is 0. The van der Waals surface area contributed by atoms with E-state index in [1.54, 1.807) is 11.6 Å². The second-order valence-corrected chi connectivity index (χ2v) is 10.8. The van der Waals surface area contributed by atoms with Gasteiger partial charge in [-0.1, -0.05) is 46.8 Å². The summed E-state index contributed by atoms with van der Waals surface area (Å²) in [6.45, 7) is 20.4. The summed E-state index contributed by atoms with van der Waals surface area (Å²) in [5, 5.41) is 20.0. The number of amides is 1. The average molecular weight is 492 g/mol. The van der Waals surface area contributed by atoms with Gasteiger partial charge in [-0.2, -0.15) is 0 Å². The molecule has 0 spiro atoms. The molecule has 0 radical (unpaired) electrons. The van der Waals surface area contributed by atoms with Crippen LogP contribution < -0.4 is 5.32 Å². The largest absolute Gasteiger partial charge is 0.396 e. The van der Waals surface area contributed by atoms with E-state index in [0.29, 0.717) is 32.0 Å². The summed E-state index contributed by atoms with van der Waals surface area (Å²) in [5.41, 5.74) is 0.556. The van der Waals surface area contributed by atoms with Crippen molar-refractivity contribution in [2.24, 2.45) is 5.92 Å². The van der Waals surface area contributed by atoms with Crippen LogP contribution in [0.15, 0.2) is 6.20 Å². The second kappa shape index (κ2) is 17.9. The van der Waals surface area contributed by atoms with Crippen molar-refractivity contribution in [1.29, 1.82) is 0 Å². The van der Waals surface area contributed by atoms with Crippen molar-refractivity contribution in [3.05, 3.63) is 11.9 Å². The minimum absolute atomic E-state index is 0.0654. The molecule has 2 heterocycles. The molecule has 1 aromatic heterocycles. The molecule has 0 bridgehead atoms. The number of nitrogens with zero attached hydrogens (tertiary/aromatic N) is 4. The Balaban J connectivity index is 0. The van der Waals surface area contributed by atoms with Gasteiger partial charge >= 0.3 is 0 Å². The third kappa shape index (κ3) is 15.9. The number of hydrogen-bond acceptors (Lipinski definition) is 7. The lowest BCUT2D eigenvalue weighted by Crippen LogP contribution is -2.39. The van der Waals surface area contributed by atoms with E-state index >= 15 is 0 Å². The monoisotopic (exact) mass is 491 g/mol. The van der Waals surface area contributed by atoms with Crippen LogP contribution in [0.25, 0.3) is 0 Å². The highest BCUT2D eigenvalue weighted by molar-refractivity contribution is 7.91. The van der Waals surface area contributed by atoms with E-state index in [1.807, 2.05) is 47.7 Å². The summed E-state index contributed by atoms with van der Waals surface area (Å²) < 4.78 is 24.5. The van der Waals surface area contributed by atoms with E-state index in [0.717, 1.165) is 18.7 Å². The standard InChI is InChI=1S/C12H22N4O3S.C7H15NO.2C2H6/c1-12(2,3-6-17)16-10-11(13-14-16)9-15-4-7-20(18,19)8-5-15;1-6(2)4-5-8-7(3)9;2*1-2/h10,17H,3-9H2,1-2H3;6H,4-5H2,1-3H3,(H,8,9);2*1-2H3. The molecule has 1 aliphatic heterocycles.